The van der Waals surface area contributed by atoms with Gasteiger partial charge in [0.2, 0.25) is 11.8 Å². The molecule has 1 aliphatic heterocycles. The van der Waals surface area contributed by atoms with Gasteiger partial charge in [0.25, 0.3) is 0 Å². The lowest BCUT2D eigenvalue weighted by Gasteiger charge is -2.29. The highest BCUT2D eigenvalue weighted by Crippen LogP contribution is 2.30. The molecule has 2 rings (SSSR count). The van der Waals surface area contributed by atoms with Crippen LogP contribution in [0.4, 0.5) is 0 Å². The average molecular weight is 295 g/mol. The highest BCUT2D eigenvalue weighted by atomic mass is 32.1. The summed E-state index contributed by atoms with van der Waals surface area (Å²) in [6.45, 7) is 8.34. The Bertz CT molecular complexity index is 526. The van der Waals surface area contributed by atoms with Gasteiger partial charge in [-0.2, -0.15) is 0 Å². The van der Waals surface area contributed by atoms with Crippen LogP contribution in [0.1, 0.15) is 48.3 Å². The summed E-state index contributed by atoms with van der Waals surface area (Å²) in [7, 11) is 0. The molecule has 110 valence electrons. The Labute approximate surface area is 123 Å². The summed E-state index contributed by atoms with van der Waals surface area (Å²) in [6, 6.07) is -0.433. The number of amides is 2. The first-order valence-electron chi connectivity index (χ1n) is 6.97. The largest absolute Gasteiger partial charge is 0.344 e. The van der Waals surface area contributed by atoms with E-state index in [4.69, 9.17) is 0 Å². The van der Waals surface area contributed by atoms with Crippen molar-refractivity contribution in [2.45, 2.75) is 52.6 Å². The number of carbonyl (C=O) groups excluding carboxylic acids is 2. The second kappa shape index (κ2) is 5.91. The Hall–Kier alpha value is -1.43. The molecule has 0 saturated carbocycles. The van der Waals surface area contributed by atoms with Gasteiger partial charge in [-0.05, 0) is 27.2 Å². The maximum atomic E-state index is 12.6. The zero-order chi connectivity index (χ0) is 14.9. The first kappa shape index (κ1) is 15.0. The second-order valence-electron chi connectivity index (χ2n) is 5.17. The molecule has 1 saturated heterocycles. The van der Waals surface area contributed by atoms with Crippen molar-refractivity contribution in [3.63, 3.8) is 0 Å². The molecule has 1 aromatic heterocycles. The molecule has 2 unspecified atom stereocenters. The van der Waals surface area contributed by atoms with E-state index in [1.54, 1.807) is 11.3 Å². The van der Waals surface area contributed by atoms with Crippen LogP contribution in [0.5, 0.6) is 0 Å². The van der Waals surface area contributed by atoms with Crippen molar-refractivity contribution in [3.8, 4) is 0 Å². The normalized spacial score (nSPS) is 21.6. The number of hydrogen-bond donors (Lipinski definition) is 1. The van der Waals surface area contributed by atoms with Gasteiger partial charge in [0.15, 0.2) is 0 Å². The smallest absolute Gasteiger partial charge is 0.245 e. The number of aryl methyl sites for hydroxylation is 2. The molecule has 6 heteroatoms. The van der Waals surface area contributed by atoms with Crippen LogP contribution in [-0.2, 0) is 9.59 Å². The van der Waals surface area contributed by atoms with E-state index >= 15 is 0 Å². The summed E-state index contributed by atoms with van der Waals surface area (Å²) in [4.78, 5) is 31.6. The third-order valence-corrected chi connectivity index (χ3v) is 4.93. The van der Waals surface area contributed by atoms with Crippen LogP contribution < -0.4 is 5.32 Å². The highest BCUT2D eigenvalue weighted by molar-refractivity contribution is 7.11. The van der Waals surface area contributed by atoms with E-state index in [-0.39, 0.29) is 17.9 Å². The lowest BCUT2D eigenvalue weighted by molar-refractivity contribution is -0.135. The van der Waals surface area contributed by atoms with E-state index in [1.807, 2.05) is 32.6 Å². The standard InChI is InChI=1S/C14H21N3O2S/c1-5-11-14(19)17(7-6-12(18)16-11)9(3)13-8(2)15-10(4)20-13/h9,11H,5-7H2,1-4H3,(H,16,18). The molecule has 5 nitrogen and oxygen atoms in total. The molecule has 0 bridgehead atoms. The van der Waals surface area contributed by atoms with Crippen LogP contribution in [0.15, 0.2) is 0 Å². The van der Waals surface area contributed by atoms with E-state index in [9.17, 15) is 9.59 Å². The molecule has 1 fully saturated rings. The summed E-state index contributed by atoms with van der Waals surface area (Å²) >= 11 is 1.62. The average Bonchev–Trinajstić information content (AvgIpc) is 2.66. The molecule has 1 aliphatic rings. The van der Waals surface area contributed by atoms with Crippen molar-refractivity contribution in [2.24, 2.45) is 0 Å². The van der Waals surface area contributed by atoms with Crippen molar-refractivity contribution >= 4 is 23.2 Å². The van der Waals surface area contributed by atoms with Crippen molar-refractivity contribution in [2.75, 3.05) is 6.54 Å². The quantitative estimate of drug-likeness (QED) is 0.927. The van der Waals surface area contributed by atoms with Gasteiger partial charge in [0.05, 0.1) is 16.7 Å². The van der Waals surface area contributed by atoms with E-state index in [0.717, 1.165) is 15.6 Å². The second-order valence-corrected chi connectivity index (χ2v) is 6.40. The van der Waals surface area contributed by atoms with Gasteiger partial charge in [0.1, 0.15) is 6.04 Å². The van der Waals surface area contributed by atoms with E-state index in [2.05, 4.69) is 10.3 Å². The van der Waals surface area contributed by atoms with E-state index < -0.39 is 6.04 Å². The Kier molecular flexibility index (Phi) is 4.42. The van der Waals surface area contributed by atoms with E-state index in [1.165, 1.54) is 0 Å². The molecular formula is C14H21N3O2S. The van der Waals surface area contributed by atoms with Crippen molar-refractivity contribution in [3.05, 3.63) is 15.6 Å². The van der Waals surface area contributed by atoms with Gasteiger partial charge >= 0.3 is 0 Å². The highest BCUT2D eigenvalue weighted by Gasteiger charge is 2.32. The van der Waals surface area contributed by atoms with Crippen LogP contribution in [0.25, 0.3) is 0 Å². The molecule has 0 aromatic carbocycles. The first-order valence-corrected chi connectivity index (χ1v) is 7.79. The van der Waals surface area contributed by atoms with Gasteiger partial charge in [0, 0.05) is 17.8 Å². The predicted molar refractivity (Wildman–Crippen MR) is 78.6 cm³/mol. The summed E-state index contributed by atoms with van der Waals surface area (Å²) in [5.74, 6) is -0.0339. The molecule has 1 N–H and O–H groups in total. The summed E-state index contributed by atoms with van der Waals surface area (Å²) in [5.41, 5.74) is 0.976. The Morgan fingerprint density at radius 1 is 1.45 bits per heavy atom. The van der Waals surface area contributed by atoms with Crippen LogP contribution in [0.3, 0.4) is 0 Å². The number of nitrogens with zero attached hydrogens (tertiary/aromatic N) is 2. The van der Waals surface area contributed by atoms with Crippen molar-refractivity contribution < 1.29 is 9.59 Å². The van der Waals surface area contributed by atoms with Gasteiger partial charge in [-0.1, -0.05) is 6.92 Å². The van der Waals surface area contributed by atoms with Crippen LogP contribution in [-0.4, -0.2) is 34.3 Å². The summed E-state index contributed by atoms with van der Waals surface area (Å²) < 4.78 is 0. The lowest BCUT2D eigenvalue weighted by atomic mass is 10.1. The van der Waals surface area contributed by atoms with Crippen molar-refractivity contribution in [1.29, 1.82) is 0 Å². The molecular weight excluding hydrogens is 274 g/mol. The van der Waals surface area contributed by atoms with Crippen LogP contribution >= 0.6 is 11.3 Å². The third-order valence-electron chi connectivity index (χ3n) is 3.69. The third kappa shape index (κ3) is 2.85. The van der Waals surface area contributed by atoms with Gasteiger partial charge in [-0.3, -0.25) is 9.59 Å². The van der Waals surface area contributed by atoms with Crippen molar-refractivity contribution in [1.82, 2.24) is 15.2 Å². The van der Waals surface area contributed by atoms with Crippen LogP contribution in [0, 0.1) is 13.8 Å². The molecule has 0 radical (unpaired) electrons. The molecule has 20 heavy (non-hydrogen) atoms. The minimum atomic E-state index is -0.401. The number of hydrogen-bond acceptors (Lipinski definition) is 4. The minimum Gasteiger partial charge on any atom is -0.344 e. The predicted octanol–water partition coefficient (Wildman–Crippen LogP) is 1.95. The lowest BCUT2D eigenvalue weighted by Crippen LogP contribution is -2.45. The number of aromatic nitrogens is 1. The Balaban J connectivity index is 2.27. The zero-order valence-electron chi connectivity index (χ0n) is 12.4. The fourth-order valence-electron chi connectivity index (χ4n) is 2.60. The number of nitrogens with one attached hydrogen (secondary N) is 1. The monoisotopic (exact) mass is 295 g/mol. The zero-order valence-corrected chi connectivity index (χ0v) is 13.2. The SMILES string of the molecule is CCC1NC(=O)CCN(C(C)c2sc(C)nc2C)C1=O. The molecule has 2 amide bonds. The minimum absolute atomic E-state index is 0.0105. The molecule has 1 aromatic rings. The summed E-state index contributed by atoms with van der Waals surface area (Å²) in [5, 5.41) is 3.80. The topological polar surface area (TPSA) is 62.3 Å². The maximum Gasteiger partial charge on any atom is 0.245 e. The number of carbonyl (C=O) groups is 2. The van der Waals surface area contributed by atoms with Gasteiger partial charge in [-0.25, -0.2) is 4.98 Å². The molecule has 0 aliphatic carbocycles. The van der Waals surface area contributed by atoms with E-state index in [0.29, 0.717) is 19.4 Å². The first-order chi connectivity index (χ1) is 9.43. The number of rotatable bonds is 3. The molecule has 2 atom stereocenters. The fraction of sp³-hybridized carbons (Fsp3) is 0.643. The van der Waals surface area contributed by atoms with Gasteiger partial charge < -0.3 is 10.2 Å². The Morgan fingerprint density at radius 2 is 2.15 bits per heavy atom. The van der Waals surface area contributed by atoms with Gasteiger partial charge in [-0.15, -0.1) is 11.3 Å². The molecule has 2 heterocycles. The maximum absolute atomic E-state index is 12.6. The number of thiazole rings is 1. The fourth-order valence-corrected chi connectivity index (χ4v) is 3.59. The molecule has 0 spiro atoms. The van der Waals surface area contributed by atoms with Crippen LogP contribution in [0.2, 0.25) is 0 Å². The summed E-state index contributed by atoms with van der Waals surface area (Å²) in [6.07, 6.45) is 0.984. The Morgan fingerprint density at radius 3 is 2.70 bits per heavy atom.